The van der Waals surface area contributed by atoms with E-state index in [0.29, 0.717) is 33.1 Å². The fraction of sp³-hybridized carbons (Fsp3) is 0.0690. The van der Waals surface area contributed by atoms with Crippen molar-refractivity contribution in [3.63, 3.8) is 0 Å². The minimum atomic E-state index is -0.799. The average Bonchev–Trinajstić information content (AvgIpc) is 2.87. The van der Waals surface area contributed by atoms with Crippen molar-refractivity contribution in [2.75, 3.05) is 4.90 Å². The highest BCUT2D eigenvalue weighted by Gasteiger charge is 2.36. The molecule has 4 amide bonds. The third kappa shape index (κ3) is 5.01. The number of hydrogen-bond acceptors (Lipinski definition) is 4. The van der Waals surface area contributed by atoms with E-state index >= 15 is 0 Å². The predicted molar refractivity (Wildman–Crippen MR) is 148 cm³/mol. The summed E-state index contributed by atoms with van der Waals surface area (Å²) in [6, 6.07) is 23.4. The lowest BCUT2D eigenvalue weighted by Gasteiger charge is -2.26. The predicted octanol–water partition coefficient (Wildman–Crippen LogP) is 6.81. The molecule has 0 atom stereocenters. The molecule has 1 N–H and O–H groups in total. The Bertz CT molecular complexity index is 1570. The number of barbiturate groups is 1. The first-order valence-electron chi connectivity index (χ1n) is 11.4. The molecule has 1 fully saturated rings. The van der Waals surface area contributed by atoms with Crippen LogP contribution in [0.4, 0.5) is 10.5 Å². The van der Waals surface area contributed by atoms with Gasteiger partial charge in [0.05, 0.1) is 15.2 Å². The monoisotopic (exact) mass is 574 g/mol. The normalized spacial score (nSPS) is 14.8. The van der Waals surface area contributed by atoms with Gasteiger partial charge in [-0.2, -0.15) is 0 Å². The van der Waals surface area contributed by atoms with Gasteiger partial charge in [0.1, 0.15) is 12.2 Å². The van der Waals surface area contributed by atoms with Gasteiger partial charge in [-0.05, 0) is 75.1 Å². The highest BCUT2D eigenvalue weighted by Crippen LogP contribution is 2.36. The number of nitrogens with one attached hydrogen (secondary N) is 1. The summed E-state index contributed by atoms with van der Waals surface area (Å²) in [6.45, 7) is 2.20. The lowest BCUT2D eigenvalue weighted by atomic mass is 10.1. The Hall–Kier alpha value is -3.94. The van der Waals surface area contributed by atoms with Crippen molar-refractivity contribution < 1.29 is 19.1 Å². The summed E-state index contributed by atoms with van der Waals surface area (Å²) in [5, 5.41) is 4.73. The number of carbonyl (C=O) groups excluding carboxylic acids is 3. The molecular formula is C29H20BrClN2O4. The van der Waals surface area contributed by atoms with Gasteiger partial charge in [0.2, 0.25) is 0 Å². The van der Waals surface area contributed by atoms with E-state index in [1.54, 1.807) is 36.4 Å². The zero-order valence-electron chi connectivity index (χ0n) is 19.6. The number of nitrogens with zero attached hydrogens (tertiary/aromatic N) is 1. The molecular weight excluding hydrogens is 556 g/mol. The molecule has 0 unspecified atom stereocenters. The Balaban J connectivity index is 1.41. The summed E-state index contributed by atoms with van der Waals surface area (Å²) in [5.74, 6) is -1.06. The highest BCUT2D eigenvalue weighted by molar-refractivity contribution is 9.10. The number of imide groups is 2. The number of amides is 4. The van der Waals surface area contributed by atoms with Gasteiger partial charge in [0.25, 0.3) is 11.8 Å². The van der Waals surface area contributed by atoms with E-state index in [-0.39, 0.29) is 5.57 Å². The van der Waals surface area contributed by atoms with Gasteiger partial charge in [-0.3, -0.25) is 14.9 Å². The Morgan fingerprint density at radius 3 is 2.46 bits per heavy atom. The molecule has 0 spiro atoms. The van der Waals surface area contributed by atoms with Gasteiger partial charge in [-0.1, -0.05) is 71.8 Å². The molecule has 1 saturated heterocycles. The smallest absolute Gasteiger partial charge is 0.335 e. The molecule has 6 nitrogen and oxygen atoms in total. The number of benzene rings is 4. The molecule has 184 valence electrons. The number of carbonyl (C=O) groups is 3. The van der Waals surface area contributed by atoms with Crippen LogP contribution in [0, 0.1) is 6.92 Å². The van der Waals surface area contributed by atoms with Crippen molar-refractivity contribution in [3.05, 3.63) is 111 Å². The van der Waals surface area contributed by atoms with Crippen molar-refractivity contribution in [1.29, 1.82) is 0 Å². The van der Waals surface area contributed by atoms with Gasteiger partial charge >= 0.3 is 6.03 Å². The van der Waals surface area contributed by atoms with Crippen molar-refractivity contribution in [3.8, 4) is 5.75 Å². The largest absolute Gasteiger partial charge is 0.486 e. The van der Waals surface area contributed by atoms with Crippen LogP contribution in [0.1, 0.15) is 16.7 Å². The van der Waals surface area contributed by atoms with Gasteiger partial charge in [0.15, 0.2) is 5.75 Å². The highest BCUT2D eigenvalue weighted by atomic mass is 79.9. The first-order chi connectivity index (χ1) is 17.8. The van der Waals surface area contributed by atoms with Crippen LogP contribution in [0.2, 0.25) is 5.02 Å². The number of rotatable bonds is 5. The summed E-state index contributed by atoms with van der Waals surface area (Å²) in [5.41, 5.74) is 2.65. The second-order valence-electron chi connectivity index (χ2n) is 8.53. The Labute approximate surface area is 226 Å². The van der Waals surface area contributed by atoms with Crippen LogP contribution in [0.25, 0.3) is 16.8 Å². The van der Waals surface area contributed by atoms with Crippen LogP contribution in [0.3, 0.4) is 0 Å². The lowest BCUT2D eigenvalue weighted by molar-refractivity contribution is -0.122. The summed E-state index contributed by atoms with van der Waals surface area (Å²) in [7, 11) is 0. The number of fused-ring (bicyclic) bond motifs is 1. The quantitative estimate of drug-likeness (QED) is 0.210. The van der Waals surface area contributed by atoms with E-state index in [1.165, 1.54) is 6.08 Å². The van der Waals surface area contributed by atoms with Crippen molar-refractivity contribution in [2.24, 2.45) is 0 Å². The molecule has 4 aromatic rings. The van der Waals surface area contributed by atoms with E-state index in [4.69, 9.17) is 16.3 Å². The molecule has 4 aromatic carbocycles. The van der Waals surface area contributed by atoms with Crippen molar-refractivity contribution >= 4 is 67.9 Å². The topological polar surface area (TPSA) is 75.7 Å². The second-order valence-corrected chi connectivity index (χ2v) is 9.80. The zero-order chi connectivity index (χ0) is 26.1. The molecule has 5 rings (SSSR count). The molecule has 0 radical (unpaired) electrons. The number of urea groups is 1. The maximum atomic E-state index is 13.1. The summed E-state index contributed by atoms with van der Waals surface area (Å²) < 4.78 is 6.61. The third-order valence-corrected chi connectivity index (χ3v) is 6.85. The molecule has 0 saturated carbocycles. The molecule has 1 aliphatic rings. The summed E-state index contributed by atoms with van der Waals surface area (Å²) in [4.78, 5) is 39.0. The van der Waals surface area contributed by atoms with Crippen molar-refractivity contribution in [2.45, 2.75) is 13.5 Å². The SMILES string of the molecule is Cc1ccc(N2C(=O)NC(=O)/C(=C\c3cc(Cl)c(OCc4cccc5ccccc45)c(Br)c3)C2=O)cc1. The maximum Gasteiger partial charge on any atom is 0.335 e. The number of halogens is 2. The maximum absolute atomic E-state index is 13.1. The van der Waals surface area contributed by atoms with Crippen LogP contribution in [-0.2, 0) is 16.2 Å². The Kier molecular flexibility index (Phi) is 6.82. The van der Waals surface area contributed by atoms with E-state index in [0.717, 1.165) is 26.8 Å². The molecule has 37 heavy (non-hydrogen) atoms. The minimum Gasteiger partial charge on any atom is -0.486 e. The van der Waals surface area contributed by atoms with Crippen LogP contribution in [0.15, 0.2) is 88.9 Å². The van der Waals surface area contributed by atoms with E-state index in [2.05, 4.69) is 21.2 Å². The van der Waals surface area contributed by atoms with Crippen LogP contribution >= 0.6 is 27.5 Å². The number of hydrogen-bond donors (Lipinski definition) is 1. The minimum absolute atomic E-state index is 0.187. The lowest BCUT2D eigenvalue weighted by Crippen LogP contribution is -2.54. The first kappa shape index (κ1) is 24.7. The Morgan fingerprint density at radius 2 is 1.70 bits per heavy atom. The standard InChI is InChI=1S/C29H20BrClN2O4/c1-17-9-11-21(12-10-17)33-28(35)23(27(34)32-29(33)36)13-18-14-24(30)26(25(31)15-18)37-16-20-7-4-6-19-5-2-3-8-22(19)20/h2-15H,16H2,1H3,(H,32,34,36)/b23-13+. The number of anilines is 1. The van der Waals surface area contributed by atoms with Gasteiger partial charge in [-0.25, -0.2) is 9.69 Å². The first-order valence-corrected chi connectivity index (χ1v) is 12.6. The fourth-order valence-electron chi connectivity index (χ4n) is 4.12. The van der Waals surface area contributed by atoms with Crippen LogP contribution < -0.4 is 15.0 Å². The van der Waals surface area contributed by atoms with Crippen LogP contribution in [-0.4, -0.2) is 17.8 Å². The molecule has 1 heterocycles. The van der Waals surface area contributed by atoms with E-state index in [9.17, 15) is 14.4 Å². The van der Waals surface area contributed by atoms with Gasteiger partial charge in [-0.15, -0.1) is 0 Å². The molecule has 8 heteroatoms. The second kappa shape index (κ2) is 10.2. The fourth-order valence-corrected chi connectivity index (χ4v) is 5.11. The molecule has 0 bridgehead atoms. The number of aryl methyl sites for hydroxylation is 1. The van der Waals surface area contributed by atoms with E-state index < -0.39 is 17.8 Å². The zero-order valence-corrected chi connectivity index (χ0v) is 22.0. The molecule has 0 aromatic heterocycles. The Morgan fingerprint density at radius 1 is 0.973 bits per heavy atom. The van der Waals surface area contributed by atoms with Crippen molar-refractivity contribution in [1.82, 2.24) is 5.32 Å². The summed E-state index contributed by atoms with van der Waals surface area (Å²) in [6.07, 6.45) is 1.40. The van der Waals surface area contributed by atoms with Gasteiger partial charge < -0.3 is 4.74 Å². The number of ether oxygens (including phenoxy) is 1. The van der Waals surface area contributed by atoms with E-state index in [1.807, 2.05) is 49.4 Å². The van der Waals surface area contributed by atoms with Crippen LogP contribution in [0.5, 0.6) is 5.75 Å². The van der Waals surface area contributed by atoms with Gasteiger partial charge in [0, 0.05) is 0 Å². The molecule has 1 aliphatic heterocycles. The summed E-state index contributed by atoms with van der Waals surface area (Å²) >= 11 is 10.0. The molecule has 0 aliphatic carbocycles. The third-order valence-electron chi connectivity index (χ3n) is 5.98. The average molecular weight is 576 g/mol.